The van der Waals surface area contributed by atoms with E-state index in [-0.39, 0.29) is 23.6 Å². The Morgan fingerprint density at radius 3 is 2.54 bits per heavy atom. The Balaban J connectivity index is 1.63. The van der Waals surface area contributed by atoms with Gasteiger partial charge in [-0.15, -0.1) is 0 Å². The van der Waals surface area contributed by atoms with Crippen molar-refractivity contribution in [3.05, 3.63) is 39.4 Å². The first kappa shape index (κ1) is 18.3. The van der Waals surface area contributed by atoms with E-state index in [9.17, 15) is 24.8 Å². The van der Waals surface area contributed by atoms with Crippen molar-refractivity contribution in [3.8, 4) is 0 Å². The van der Waals surface area contributed by atoms with Crippen LogP contribution in [0.3, 0.4) is 0 Å². The van der Waals surface area contributed by atoms with Gasteiger partial charge in [0.15, 0.2) is 0 Å². The Kier molecular flexibility index (Phi) is 5.22. The average molecular weight is 362 g/mol. The zero-order chi connectivity index (χ0) is 18.8. The average Bonchev–Trinajstić information content (AvgIpc) is 3.11. The quantitative estimate of drug-likeness (QED) is 0.650. The molecule has 1 unspecified atom stereocenters. The Hall–Kier alpha value is -2.48. The second-order valence-corrected chi connectivity index (χ2v) is 6.96. The summed E-state index contributed by atoms with van der Waals surface area (Å²) in [6.07, 6.45) is 1.67. The van der Waals surface area contributed by atoms with E-state index in [1.165, 1.54) is 12.1 Å². The third kappa shape index (κ3) is 3.55. The molecule has 2 aliphatic heterocycles. The number of amides is 1. The molecule has 0 aliphatic carbocycles. The van der Waals surface area contributed by atoms with Gasteiger partial charge in [0.2, 0.25) is 0 Å². The molecule has 0 bridgehead atoms. The predicted octanol–water partition coefficient (Wildman–Crippen LogP) is 2.25. The number of hydrogen-bond donors (Lipinski definition) is 1. The van der Waals surface area contributed by atoms with Crippen molar-refractivity contribution in [1.29, 1.82) is 0 Å². The van der Waals surface area contributed by atoms with Crippen LogP contribution in [0.5, 0.6) is 0 Å². The molecule has 2 aliphatic rings. The number of benzene rings is 1. The van der Waals surface area contributed by atoms with Crippen LogP contribution in [0.15, 0.2) is 18.2 Å². The molecule has 2 saturated heterocycles. The maximum atomic E-state index is 12.7. The lowest BCUT2D eigenvalue weighted by atomic mass is 9.84. The van der Waals surface area contributed by atoms with E-state index in [0.29, 0.717) is 50.1 Å². The molecule has 0 radical (unpaired) electrons. The number of carbonyl (C=O) groups excluding carboxylic acids is 1. The van der Waals surface area contributed by atoms with Gasteiger partial charge in [-0.2, -0.15) is 0 Å². The van der Waals surface area contributed by atoms with Gasteiger partial charge in [0.1, 0.15) is 0 Å². The number of piperidine rings is 1. The Morgan fingerprint density at radius 1 is 1.27 bits per heavy atom. The standard InChI is InChI=1S/C18H22N2O6/c1-11-10-13(2-3-15(11)20(24)25)17(21)19-7-4-12(5-8-19)16-14(18(22)23)6-9-26-16/h2-3,10,12,14,16H,4-9H2,1H3,(H,22,23)/t14?,16-/m0/s1. The van der Waals surface area contributed by atoms with E-state index in [1.807, 2.05) is 0 Å². The maximum absolute atomic E-state index is 12.7. The summed E-state index contributed by atoms with van der Waals surface area (Å²) >= 11 is 0. The highest BCUT2D eigenvalue weighted by Gasteiger charge is 2.40. The molecule has 8 nitrogen and oxygen atoms in total. The summed E-state index contributed by atoms with van der Waals surface area (Å²) in [4.78, 5) is 36.2. The number of aliphatic carboxylic acids is 1. The summed E-state index contributed by atoms with van der Waals surface area (Å²) in [6.45, 7) is 3.16. The monoisotopic (exact) mass is 362 g/mol. The Bertz CT molecular complexity index is 726. The first-order valence-electron chi connectivity index (χ1n) is 8.77. The largest absolute Gasteiger partial charge is 0.481 e. The van der Waals surface area contributed by atoms with E-state index >= 15 is 0 Å². The third-order valence-electron chi connectivity index (χ3n) is 5.38. The van der Waals surface area contributed by atoms with Gasteiger partial charge in [-0.25, -0.2) is 0 Å². The number of nitro benzene ring substituents is 1. The number of carboxylic acids is 1. The molecule has 2 fully saturated rings. The van der Waals surface area contributed by atoms with Crippen molar-refractivity contribution in [1.82, 2.24) is 4.90 Å². The summed E-state index contributed by atoms with van der Waals surface area (Å²) in [5, 5.41) is 20.2. The lowest BCUT2D eigenvalue weighted by Gasteiger charge is -2.35. The van der Waals surface area contributed by atoms with E-state index in [4.69, 9.17) is 4.74 Å². The van der Waals surface area contributed by atoms with E-state index < -0.39 is 16.8 Å². The predicted molar refractivity (Wildman–Crippen MR) is 91.9 cm³/mol. The second kappa shape index (κ2) is 7.41. The number of ether oxygens (including phenoxy) is 1. The fourth-order valence-electron chi connectivity index (χ4n) is 3.95. The summed E-state index contributed by atoms with van der Waals surface area (Å²) < 4.78 is 5.65. The molecule has 8 heteroatoms. The highest BCUT2D eigenvalue weighted by atomic mass is 16.6. The van der Waals surface area contributed by atoms with Gasteiger partial charge in [-0.3, -0.25) is 19.7 Å². The Labute approximate surface area is 150 Å². The van der Waals surface area contributed by atoms with E-state index in [2.05, 4.69) is 0 Å². The molecule has 3 rings (SSSR count). The number of carbonyl (C=O) groups is 2. The maximum Gasteiger partial charge on any atom is 0.309 e. The molecule has 0 spiro atoms. The number of hydrogen-bond acceptors (Lipinski definition) is 5. The smallest absolute Gasteiger partial charge is 0.309 e. The summed E-state index contributed by atoms with van der Waals surface area (Å²) in [6, 6.07) is 4.40. The SMILES string of the molecule is Cc1cc(C(=O)N2CCC([C@@H]3OCCC3C(=O)O)CC2)ccc1[N+](=O)[O-]. The molecule has 1 amide bonds. The van der Waals surface area contributed by atoms with Gasteiger partial charge >= 0.3 is 5.97 Å². The normalized spacial score (nSPS) is 23.8. The molecule has 2 atom stereocenters. The Morgan fingerprint density at radius 2 is 1.96 bits per heavy atom. The first-order chi connectivity index (χ1) is 12.4. The zero-order valence-electron chi connectivity index (χ0n) is 14.6. The van der Waals surface area contributed by atoms with Crippen LogP contribution in [0.2, 0.25) is 0 Å². The minimum Gasteiger partial charge on any atom is -0.481 e. The van der Waals surface area contributed by atoms with Crippen LogP contribution in [0.4, 0.5) is 5.69 Å². The lowest BCUT2D eigenvalue weighted by Crippen LogP contribution is -2.43. The van der Waals surface area contributed by atoms with Crippen LogP contribution >= 0.6 is 0 Å². The third-order valence-corrected chi connectivity index (χ3v) is 5.38. The van der Waals surface area contributed by atoms with Crippen LogP contribution in [0, 0.1) is 28.9 Å². The fraction of sp³-hybridized carbons (Fsp3) is 0.556. The van der Waals surface area contributed by atoms with Crippen LogP contribution in [-0.4, -0.2) is 52.6 Å². The van der Waals surface area contributed by atoms with Gasteiger partial charge in [0.05, 0.1) is 16.9 Å². The van der Waals surface area contributed by atoms with Crippen LogP contribution in [0.25, 0.3) is 0 Å². The zero-order valence-corrected chi connectivity index (χ0v) is 14.6. The highest BCUT2D eigenvalue weighted by molar-refractivity contribution is 5.94. The van der Waals surface area contributed by atoms with Crippen molar-refractivity contribution < 1.29 is 24.4 Å². The molecule has 26 heavy (non-hydrogen) atoms. The van der Waals surface area contributed by atoms with Gasteiger partial charge in [0, 0.05) is 36.9 Å². The number of nitrogens with zero attached hydrogens (tertiary/aromatic N) is 2. The molecule has 0 aromatic heterocycles. The lowest BCUT2D eigenvalue weighted by molar-refractivity contribution is -0.385. The number of likely N-dealkylation sites (tertiary alicyclic amines) is 1. The minimum absolute atomic E-state index is 0.00153. The van der Waals surface area contributed by atoms with Crippen molar-refractivity contribution in [2.24, 2.45) is 11.8 Å². The van der Waals surface area contributed by atoms with Gasteiger partial charge in [-0.1, -0.05) is 0 Å². The van der Waals surface area contributed by atoms with Crippen molar-refractivity contribution in [2.75, 3.05) is 19.7 Å². The minimum atomic E-state index is -0.813. The topological polar surface area (TPSA) is 110 Å². The summed E-state index contributed by atoms with van der Waals surface area (Å²) in [7, 11) is 0. The second-order valence-electron chi connectivity index (χ2n) is 6.96. The van der Waals surface area contributed by atoms with E-state index in [1.54, 1.807) is 17.9 Å². The number of carboxylic acid groups (broad SMARTS) is 1. The van der Waals surface area contributed by atoms with Crippen LogP contribution in [-0.2, 0) is 9.53 Å². The fourth-order valence-corrected chi connectivity index (χ4v) is 3.95. The summed E-state index contributed by atoms with van der Waals surface area (Å²) in [5.74, 6) is -1.28. The van der Waals surface area contributed by atoms with E-state index in [0.717, 1.165) is 0 Å². The molecule has 140 valence electrons. The molecular weight excluding hydrogens is 340 g/mol. The molecule has 1 N–H and O–H groups in total. The number of aryl methyl sites for hydroxylation is 1. The molecule has 1 aromatic rings. The van der Waals surface area contributed by atoms with Crippen molar-refractivity contribution in [3.63, 3.8) is 0 Å². The molecule has 0 saturated carbocycles. The summed E-state index contributed by atoms with van der Waals surface area (Å²) in [5.41, 5.74) is 0.893. The molecular formula is C18H22N2O6. The number of nitro groups is 1. The van der Waals surface area contributed by atoms with Crippen LogP contribution < -0.4 is 0 Å². The number of rotatable bonds is 4. The van der Waals surface area contributed by atoms with Gasteiger partial charge in [0.25, 0.3) is 11.6 Å². The molecule has 1 aromatic carbocycles. The van der Waals surface area contributed by atoms with Gasteiger partial charge in [-0.05, 0) is 44.2 Å². The van der Waals surface area contributed by atoms with Crippen molar-refractivity contribution in [2.45, 2.75) is 32.3 Å². The first-order valence-corrected chi connectivity index (χ1v) is 8.77. The van der Waals surface area contributed by atoms with Crippen LogP contribution in [0.1, 0.15) is 35.2 Å². The molecule has 2 heterocycles. The highest BCUT2D eigenvalue weighted by Crippen LogP contribution is 2.33. The van der Waals surface area contributed by atoms with Crippen molar-refractivity contribution >= 4 is 17.6 Å². The van der Waals surface area contributed by atoms with Gasteiger partial charge < -0.3 is 14.7 Å².